The van der Waals surface area contributed by atoms with E-state index in [0.29, 0.717) is 23.8 Å². The molecule has 7 heteroatoms. The van der Waals surface area contributed by atoms with Gasteiger partial charge < -0.3 is 15.0 Å². The predicted molar refractivity (Wildman–Crippen MR) is 154 cm³/mol. The van der Waals surface area contributed by atoms with Gasteiger partial charge in [-0.3, -0.25) is 9.88 Å². The Balaban J connectivity index is 0.000000907. The zero-order chi connectivity index (χ0) is 27.0. The summed E-state index contributed by atoms with van der Waals surface area (Å²) >= 11 is 0. The van der Waals surface area contributed by atoms with Gasteiger partial charge >= 0.3 is 6.03 Å². The summed E-state index contributed by atoms with van der Waals surface area (Å²) < 4.78 is 6.16. The topological polar surface area (TPSA) is 70.6 Å². The number of carbonyl (C=O) groups is 1. The molecule has 5 rings (SSSR count). The molecule has 1 saturated heterocycles. The minimum absolute atomic E-state index is 0.254. The van der Waals surface area contributed by atoms with Crippen LogP contribution in [0.15, 0.2) is 54.9 Å². The molecule has 1 aromatic carbocycles. The summed E-state index contributed by atoms with van der Waals surface area (Å²) in [6, 6.07) is 14.0. The molecule has 0 unspecified atom stereocenters. The Morgan fingerprint density at radius 2 is 1.73 bits per heavy atom. The van der Waals surface area contributed by atoms with Gasteiger partial charge in [0.1, 0.15) is 5.60 Å². The molecule has 4 heterocycles. The molecule has 0 atom stereocenters. The van der Waals surface area contributed by atoms with E-state index in [1.54, 1.807) is 17.3 Å². The van der Waals surface area contributed by atoms with Crippen molar-refractivity contribution in [3.8, 4) is 17.0 Å². The molecule has 0 saturated carbocycles. The van der Waals surface area contributed by atoms with Crippen LogP contribution in [0.5, 0.6) is 5.75 Å². The summed E-state index contributed by atoms with van der Waals surface area (Å²) in [5.74, 6) is 1.12. The Labute approximate surface area is 221 Å². The number of rotatable bonds is 3. The summed E-state index contributed by atoms with van der Waals surface area (Å²) in [7, 11) is 0. The van der Waals surface area contributed by atoms with Crippen LogP contribution in [-0.4, -0.2) is 41.2 Å². The Kier molecular flexibility index (Phi) is 9.50. The maximum absolute atomic E-state index is 13.3. The third-order valence-electron chi connectivity index (χ3n) is 6.00. The van der Waals surface area contributed by atoms with Crippen LogP contribution in [0.2, 0.25) is 0 Å². The summed E-state index contributed by atoms with van der Waals surface area (Å²) in [5, 5.41) is 2.96. The van der Waals surface area contributed by atoms with Crippen molar-refractivity contribution in [1.82, 2.24) is 9.97 Å². The van der Waals surface area contributed by atoms with E-state index >= 15 is 0 Å². The monoisotopic (exact) mass is 503 g/mol. The van der Waals surface area contributed by atoms with Gasteiger partial charge in [0.05, 0.1) is 24.1 Å². The molecular weight excluding hydrogens is 462 g/mol. The van der Waals surface area contributed by atoms with E-state index in [1.807, 2.05) is 66.7 Å². The van der Waals surface area contributed by atoms with Crippen molar-refractivity contribution in [3.05, 3.63) is 60.4 Å². The normalized spacial score (nSPS) is 15.3. The van der Waals surface area contributed by atoms with Gasteiger partial charge in [-0.25, -0.2) is 9.78 Å². The van der Waals surface area contributed by atoms with Crippen LogP contribution < -0.4 is 19.9 Å². The number of nitrogens with one attached hydrogen (secondary N) is 1. The number of aromatic nitrogens is 2. The molecule has 0 bridgehead atoms. The van der Waals surface area contributed by atoms with Crippen molar-refractivity contribution in [2.75, 3.05) is 34.8 Å². The van der Waals surface area contributed by atoms with Gasteiger partial charge in [-0.1, -0.05) is 39.8 Å². The molecule has 0 radical (unpaired) electrons. The number of pyridine rings is 2. The number of nitrogens with zero attached hydrogens (tertiary/aromatic N) is 4. The standard InChI is InChI=1S/C26H29N5O2.2C2H6/c1-18-13-20(16-27-15-18)28-25(32)31-17-26(2,3)33-23-10-9-22(29-24(23)31)19-7-6-8-21(14-19)30-11-4-5-12-30;2*1-2/h6-10,13-16H,4-5,11-12,17H2,1-3H3,(H,28,32);2*1-2H3. The lowest BCUT2D eigenvalue weighted by Crippen LogP contribution is -2.51. The summed E-state index contributed by atoms with van der Waals surface area (Å²) in [6.07, 6.45) is 5.86. The van der Waals surface area contributed by atoms with Gasteiger partial charge in [0, 0.05) is 30.5 Å². The van der Waals surface area contributed by atoms with Crippen molar-refractivity contribution in [3.63, 3.8) is 0 Å². The van der Waals surface area contributed by atoms with E-state index < -0.39 is 5.60 Å². The molecule has 2 aliphatic rings. The number of anilines is 3. The fraction of sp³-hybridized carbons (Fsp3) is 0.433. The Morgan fingerprint density at radius 3 is 2.43 bits per heavy atom. The molecule has 7 nitrogen and oxygen atoms in total. The van der Waals surface area contributed by atoms with E-state index in [1.165, 1.54) is 18.5 Å². The second-order valence-corrected chi connectivity index (χ2v) is 9.39. The Hall–Kier alpha value is -3.61. The molecule has 1 N–H and O–H groups in total. The first kappa shape index (κ1) is 28.0. The van der Waals surface area contributed by atoms with Gasteiger partial charge in [-0.05, 0) is 69.5 Å². The van der Waals surface area contributed by atoms with Crippen LogP contribution in [-0.2, 0) is 0 Å². The number of urea groups is 1. The lowest BCUT2D eigenvalue weighted by molar-refractivity contribution is 0.106. The number of hydrogen-bond acceptors (Lipinski definition) is 5. The molecule has 198 valence electrons. The number of aryl methyl sites for hydroxylation is 1. The van der Waals surface area contributed by atoms with Crippen molar-refractivity contribution in [1.29, 1.82) is 0 Å². The minimum Gasteiger partial charge on any atom is -0.482 e. The van der Waals surface area contributed by atoms with Gasteiger partial charge in [0.15, 0.2) is 11.6 Å². The number of hydrogen-bond donors (Lipinski definition) is 1. The lowest BCUT2D eigenvalue weighted by atomic mass is 10.1. The molecule has 3 aromatic rings. The van der Waals surface area contributed by atoms with Gasteiger partial charge in [0.2, 0.25) is 0 Å². The Morgan fingerprint density at radius 1 is 1.00 bits per heavy atom. The largest absolute Gasteiger partial charge is 0.482 e. The first-order valence-electron chi connectivity index (χ1n) is 13.4. The van der Waals surface area contributed by atoms with E-state index in [4.69, 9.17) is 9.72 Å². The number of amides is 2. The molecule has 1 fully saturated rings. The predicted octanol–water partition coefficient (Wildman–Crippen LogP) is 7.31. The average Bonchev–Trinajstić information content (AvgIpc) is 3.45. The Bertz CT molecular complexity index is 1190. The highest BCUT2D eigenvalue weighted by Crippen LogP contribution is 2.38. The molecule has 37 heavy (non-hydrogen) atoms. The number of benzene rings is 1. The van der Waals surface area contributed by atoms with E-state index in [2.05, 4.69) is 39.5 Å². The highest BCUT2D eigenvalue weighted by molar-refractivity contribution is 6.02. The number of carbonyl (C=O) groups excluding carboxylic acids is 1. The summed E-state index contributed by atoms with van der Waals surface area (Å²) in [4.78, 5) is 26.4. The third-order valence-corrected chi connectivity index (χ3v) is 6.00. The SMILES string of the molecule is CC.CC.Cc1cncc(NC(=O)N2CC(C)(C)Oc3ccc(-c4cccc(N5CCCC5)c4)nc32)c1. The first-order valence-corrected chi connectivity index (χ1v) is 13.4. The second-order valence-electron chi connectivity index (χ2n) is 9.39. The third kappa shape index (κ3) is 6.79. The summed E-state index contributed by atoms with van der Waals surface area (Å²) in [6.45, 7) is 16.4. The average molecular weight is 504 g/mol. The van der Waals surface area contributed by atoms with E-state index in [-0.39, 0.29) is 6.03 Å². The van der Waals surface area contributed by atoms with Gasteiger partial charge in [-0.15, -0.1) is 0 Å². The smallest absolute Gasteiger partial charge is 0.327 e. The van der Waals surface area contributed by atoms with Crippen molar-refractivity contribution >= 4 is 23.2 Å². The zero-order valence-corrected chi connectivity index (χ0v) is 23.3. The highest BCUT2D eigenvalue weighted by Gasteiger charge is 2.36. The molecular formula is C30H41N5O2. The van der Waals surface area contributed by atoms with Crippen molar-refractivity contribution < 1.29 is 9.53 Å². The van der Waals surface area contributed by atoms with Crippen LogP contribution >= 0.6 is 0 Å². The van der Waals surface area contributed by atoms with E-state index in [0.717, 1.165) is 29.9 Å². The fourth-order valence-electron chi connectivity index (χ4n) is 4.47. The second kappa shape index (κ2) is 12.6. The zero-order valence-electron chi connectivity index (χ0n) is 23.3. The molecule has 2 aliphatic heterocycles. The molecule has 2 aromatic heterocycles. The number of ether oxygens (including phenoxy) is 1. The molecule has 0 spiro atoms. The van der Waals surface area contributed by atoms with Gasteiger partial charge in [0.25, 0.3) is 0 Å². The minimum atomic E-state index is -0.534. The number of fused-ring (bicyclic) bond motifs is 1. The van der Waals surface area contributed by atoms with Crippen LogP contribution in [0.3, 0.4) is 0 Å². The van der Waals surface area contributed by atoms with Gasteiger partial charge in [-0.2, -0.15) is 0 Å². The maximum Gasteiger partial charge on any atom is 0.327 e. The van der Waals surface area contributed by atoms with Crippen LogP contribution in [0.25, 0.3) is 11.3 Å². The first-order chi connectivity index (χ1) is 17.9. The molecule has 0 aliphatic carbocycles. The summed E-state index contributed by atoms with van der Waals surface area (Å²) in [5.41, 5.74) is 4.15. The van der Waals surface area contributed by atoms with Crippen LogP contribution in [0.4, 0.5) is 22.0 Å². The van der Waals surface area contributed by atoms with Crippen molar-refractivity contribution in [2.45, 2.75) is 66.9 Å². The van der Waals surface area contributed by atoms with Crippen LogP contribution in [0, 0.1) is 6.92 Å². The highest BCUT2D eigenvalue weighted by atomic mass is 16.5. The van der Waals surface area contributed by atoms with E-state index in [9.17, 15) is 4.79 Å². The maximum atomic E-state index is 13.3. The fourth-order valence-corrected chi connectivity index (χ4v) is 4.47. The van der Waals surface area contributed by atoms with Crippen molar-refractivity contribution in [2.24, 2.45) is 0 Å². The lowest BCUT2D eigenvalue weighted by Gasteiger charge is -2.38. The van der Waals surface area contributed by atoms with Crippen LogP contribution in [0.1, 0.15) is 59.9 Å². The quantitative estimate of drug-likeness (QED) is 0.406. The molecule has 2 amide bonds.